The van der Waals surface area contributed by atoms with E-state index in [-0.39, 0.29) is 0 Å². The Balaban J connectivity index is 1.78. The molecule has 0 aliphatic carbocycles. The fourth-order valence-electron chi connectivity index (χ4n) is 2.59. The van der Waals surface area contributed by atoms with E-state index in [2.05, 4.69) is 38.9 Å². The van der Waals surface area contributed by atoms with Gasteiger partial charge in [0.15, 0.2) is 0 Å². The van der Waals surface area contributed by atoms with Crippen LogP contribution in [0.5, 0.6) is 5.75 Å². The highest BCUT2D eigenvalue weighted by Gasteiger charge is 2.20. The number of hydrogen-bond donors (Lipinski definition) is 0. The zero-order valence-electron chi connectivity index (χ0n) is 11.0. The van der Waals surface area contributed by atoms with E-state index >= 15 is 0 Å². The first-order valence-corrected chi connectivity index (χ1v) is 7.37. The summed E-state index contributed by atoms with van der Waals surface area (Å²) in [5, 5.41) is 1.07. The molecule has 0 radical (unpaired) electrons. The van der Waals surface area contributed by atoms with Crippen LogP contribution in [0, 0.1) is 5.92 Å². The van der Waals surface area contributed by atoms with Crippen molar-refractivity contribution in [2.24, 2.45) is 5.92 Å². The van der Waals surface area contributed by atoms with Crippen LogP contribution in [0.3, 0.4) is 0 Å². The Kier molecular flexibility index (Phi) is 3.71. The van der Waals surface area contributed by atoms with Crippen LogP contribution >= 0.6 is 15.9 Å². The maximum atomic E-state index is 6.02. The van der Waals surface area contributed by atoms with Crippen molar-refractivity contribution >= 4 is 26.8 Å². The molecule has 1 saturated heterocycles. The highest BCUT2D eigenvalue weighted by Crippen LogP contribution is 2.27. The molecule has 1 aromatic heterocycles. The van der Waals surface area contributed by atoms with Gasteiger partial charge in [-0.1, -0.05) is 15.9 Å². The molecule has 1 aromatic carbocycles. The Morgan fingerprint density at radius 2 is 2.32 bits per heavy atom. The third-order valence-corrected chi connectivity index (χ3v) is 4.12. The highest BCUT2D eigenvalue weighted by atomic mass is 79.9. The van der Waals surface area contributed by atoms with Gasteiger partial charge in [-0.15, -0.1) is 0 Å². The molecule has 1 atom stereocenters. The smallest absolute Gasteiger partial charge is 0.130 e. The molecule has 0 amide bonds. The Morgan fingerprint density at radius 1 is 1.42 bits per heavy atom. The van der Waals surface area contributed by atoms with E-state index in [9.17, 15) is 0 Å². The Hall–Kier alpha value is -1.13. The summed E-state index contributed by atoms with van der Waals surface area (Å²) in [6.45, 7) is 3.10. The molecule has 3 nitrogen and oxygen atoms in total. The zero-order chi connectivity index (χ0) is 13.2. The van der Waals surface area contributed by atoms with Gasteiger partial charge in [-0.25, -0.2) is 0 Å². The molecule has 2 heterocycles. The van der Waals surface area contributed by atoms with E-state index in [0.717, 1.165) is 34.3 Å². The van der Waals surface area contributed by atoms with Gasteiger partial charge in [0.05, 0.1) is 12.1 Å². The second-order valence-corrected chi connectivity index (χ2v) is 6.11. The largest absolute Gasteiger partial charge is 0.492 e. The first-order valence-electron chi connectivity index (χ1n) is 6.58. The predicted octanol–water partition coefficient (Wildman–Crippen LogP) is 3.33. The van der Waals surface area contributed by atoms with Crippen LogP contribution in [0.4, 0.5) is 0 Å². The number of hydrogen-bond acceptors (Lipinski definition) is 3. The van der Waals surface area contributed by atoms with Crippen molar-refractivity contribution in [2.75, 3.05) is 26.7 Å². The van der Waals surface area contributed by atoms with Crippen LogP contribution in [0.15, 0.2) is 34.9 Å². The molecule has 0 N–H and O–H groups in total. The molecule has 1 fully saturated rings. The molecule has 0 bridgehead atoms. The first kappa shape index (κ1) is 12.9. The summed E-state index contributed by atoms with van der Waals surface area (Å²) in [6.07, 6.45) is 3.04. The lowest BCUT2D eigenvalue weighted by Gasteiger charge is -2.13. The van der Waals surface area contributed by atoms with Crippen molar-refractivity contribution in [3.63, 3.8) is 0 Å². The van der Waals surface area contributed by atoms with E-state index in [1.165, 1.54) is 13.0 Å². The molecule has 3 rings (SSSR count). The minimum absolute atomic E-state index is 0.639. The molecule has 0 spiro atoms. The first-order chi connectivity index (χ1) is 9.22. The van der Waals surface area contributed by atoms with Gasteiger partial charge in [0.1, 0.15) is 5.75 Å². The molecule has 1 aliphatic rings. The monoisotopic (exact) mass is 320 g/mol. The molecule has 0 saturated carbocycles. The SMILES string of the molecule is CN1CCC(COc2ccnc3ccc(Br)cc23)C1. The topological polar surface area (TPSA) is 25.4 Å². The average Bonchev–Trinajstić information content (AvgIpc) is 2.82. The van der Waals surface area contributed by atoms with E-state index in [1.807, 2.05) is 24.4 Å². The van der Waals surface area contributed by atoms with Crippen molar-refractivity contribution in [1.29, 1.82) is 0 Å². The molecule has 100 valence electrons. The van der Waals surface area contributed by atoms with Gasteiger partial charge in [-0.05, 0) is 44.3 Å². The van der Waals surface area contributed by atoms with Gasteiger partial charge >= 0.3 is 0 Å². The van der Waals surface area contributed by atoms with Crippen LogP contribution in [0.1, 0.15) is 6.42 Å². The fourth-order valence-corrected chi connectivity index (χ4v) is 2.95. The number of fused-ring (bicyclic) bond motifs is 1. The molecular formula is C15H17BrN2O. The zero-order valence-corrected chi connectivity index (χ0v) is 12.6. The number of aromatic nitrogens is 1. The van der Waals surface area contributed by atoms with Crippen molar-refractivity contribution in [2.45, 2.75) is 6.42 Å². The average molecular weight is 321 g/mol. The minimum Gasteiger partial charge on any atom is -0.492 e. The van der Waals surface area contributed by atoms with Gasteiger partial charge in [-0.2, -0.15) is 0 Å². The number of ether oxygens (including phenoxy) is 1. The lowest BCUT2D eigenvalue weighted by Crippen LogP contribution is -2.18. The molecule has 19 heavy (non-hydrogen) atoms. The number of rotatable bonds is 3. The van der Waals surface area contributed by atoms with Crippen LogP contribution in [0.2, 0.25) is 0 Å². The number of likely N-dealkylation sites (tertiary alicyclic amines) is 1. The summed E-state index contributed by atoms with van der Waals surface area (Å²) in [7, 11) is 2.17. The lowest BCUT2D eigenvalue weighted by atomic mass is 10.1. The number of nitrogens with zero attached hydrogens (tertiary/aromatic N) is 2. The highest BCUT2D eigenvalue weighted by molar-refractivity contribution is 9.10. The van der Waals surface area contributed by atoms with Crippen molar-refractivity contribution in [3.8, 4) is 5.75 Å². The summed E-state index contributed by atoms with van der Waals surface area (Å²) in [5.74, 6) is 1.57. The standard InChI is InChI=1S/C15H17BrN2O/c1-18-7-5-11(9-18)10-19-15-4-6-17-14-3-2-12(16)8-13(14)15/h2-4,6,8,11H,5,7,9-10H2,1H3. The summed E-state index contributed by atoms with van der Waals surface area (Å²) in [5.41, 5.74) is 0.976. The number of halogens is 1. The van der Waals surface area contributed by atoms with E-state index in [1.54, 1.807) is 0 Å². The normalized spacial score (nSPS) is 20.0. The maximum absolute atomic E-state index is 6.02. The second-order valence-electron chi connectivity index (χ2n) is 5.20. The summed E-state index contributed by atoms with van der Waals surface area (Å²) in [6, 6.07) is 8.03. The van der Waals surface area contributed by atoms with Gasteiger partial charge in [0.25, 0.3) is 0 Å². The maximum Gasteiger partial charge on any atom is 0.130 e. The van der Waals surface area contributed by atoms with Crippen LogP contribution < -0.4 is 4.74 Å². The van der Waals surface area contributed by atoms with Crippen LogP contribution in [0.25, 0.3) is 10.9 Å². The quantitative estimate of drug-likeness (QED) is 0.867. The van der Waals surface area contributed by atoms with Crippen LogP contribution in [-0.4, -0.2) is 36.6 Å². The summed E-state index contributed by atoms with van der Waals surface area (Å²) < 4.78 is 7.07. The predicted molar refractivity (Wildman–Crippen MR) is 80.5 cm³/mol. The lowest BCUT2D eigenvalue weighted by molar-refractivity contribution is 0.251. The molecular weight excluding hydrogens is 304 g/mol. The van der Waals surface area contributed by atoms with E-state index in [4.69, 9.17) is 4.74 Å². The molecule has 1 aliphatic heterocycles. The molecule has 4 heteroatoms. The van der Waals surface area contributed by atoms with Crippen molar-refractivity contribution < 1.29 is 4.74 Å². The van der Waals surface area contributed by atoms with Crippen LogP contribution in [-0.2, 0) is 0 Å². The number of benzene rings is 1. The third kappa shape index (κ3) is 2.90. The summed E-state index contributed by atoms with van der Waals surface area (Å²) >= 11 is 3.50. The Labute approximate surface area is 121 Å². The van der Waals surface area contributed by atoms with Gasteiger partial charge < -0.3 is 9.64 Å². The molecule has 1 unspecified atom stereocenters. The van der Waals surface area contributed by atoms with Gasteiger partial charge in [0.2, 0.25) is 0 Å². The Morgan fingerprint density at radius 3 is 3.11 bits per heavy atom. The Bertz CT molecular complexity index is 587. The van der Waals surface area contributed by atoms with Gasteiger partial charge in [0, 0.05) is 28.5 Å². The third-order valence-electron chi connectivity index (χ3n) is 3.63. The summed E-state index contributed by atoms with van der Waals surface area (Å²) in [4.78, 5) is 6.72. The van der Waals surface area contributed by atoms with Crippen molar-refractivity contribution in [3.05, 3.63) is 34.9 Å². The fraction of sp³-hybridized carbons (Fsp3) is 0.400. The second kappa shape index (κ2) is 5.47. The van der Waals surface area contributed by atoms with Crippen molar-refractivity contribution in [1.82, 2.24) is 9.88 Å². The van der Waals surface area contributed by atoms with Gasteiger partial charge in [-0.3, -0.25) is 4.98 Å². The van der Waals surface area contributed by atoms with E-state index < -0.39 is 0 Å². The number of pyridine rings is 1. The minimum atomic E-state index is 0.639. The van der Waals surface area contributed by atoms with E-state index in [0.29, 0.717) is 5.92 Å². The molecule has 2 aromatic rings.